The van der Waals surface area contributed by atoms with Crippen molar-refractivity contribution in [3.63, 3.8) is 0 Å². The average molecular weight is 437 g/mol. The third-order valence-corrected chi connectivity index (χ3v) is 12.2. The number of rotatable bonds is 2. The third kappa shape index (κ3) is 2.31. The molecule has 7 saturated carbocycles. The summed E-state index contributed by atoms with van der Waals surface area (Å²) in [5.41, 5.74) is -0.168. The highest BCUT2D eigenvalue weighted by molar-refractivity contribution is 5.28. The minimum absolute atomic E-state index is 0.0840. The van der Waals surface area contributed by atoms with E-state index in [0.717, 1.165) is 82.9 Å². The first-order valence-corrected chi connectivity index (χ1v) is 14.1. The van der Waals surface area contributed by atoms with Crippen LogP contribution in [-0.4, -0.2) is 23.4 Å². The molecule has 0 spiro atoms. The molecule has 0 saturated heterocycles. The van der Waals surface area contributed by atoms with Gasteiger partial charge in [0.25, 0.3) is 0 Å². The van der Waals surface area contributed by atoms with Gasteiger partial charge in [-0.15, -0.1) is 0 Å². The molecule has 0 aliphatic heterocycles. The van der Waals surface area contributed by atoms with Crippen LogP contribution in [0.5, 0.6) is 0 Å². The Morgan fingerprint density at radius 2 is 0.812 bits per heavy atom. The number of hydrogen-bond acceptors (Lipinski definition) is 2. The molecule has 0 amide bonds. The molecule has 16 atom stereocenters. The van der Waals surface area contributed by atoms with Crippen molar-refractivity contribution in [2.45, 2.75) is 90.6 Å². The standard InChI is InChI=1S/C30H44O2/c1-29(2,3)31-27-19-12-20(28(27)32-30(4,5)6)26-18-11-17(25(19)26)23-15-10-16(24(18)23)22-14-8-7-13(9-14)21(15)22/h7-8,13-28H,9-12H2,1-6H3. The predicted octanol–water partition coefficient (Wildman–Crippen LogP) is 6.21. The van der Waals surface area contributed by atoms with Crippen molar-refractivity contribution in [1.29, 1.82) is 0 Å². The topological polar surface area (TPSA) is 18.5 Å². The minimum Gasteiger partial charge on any atom is -0.370 e. The Kier molecular flexibility index (Phi) is 3.67. The molecule has 0 aromatic heterocycles. The molecule has 7 fully saturated rings. The van der Waals surface area contributed by atoms with Gasteiger partial charge in [0.1, 0.15) is 0 Å². The van der Waals surface area contributed by atoms with Crippen molar-refractivity contribution in [1.82, 2.24) is 0 Å². The quantitative estimate of drug-likeness (QED) is 0.379. The maximum absolute atomic E-state index is 6.86. The van der Waals surface area contributed by atoms with Gasteiger partial charge in [-0.05, 0) is 150 Å². The van der Waals surface area contributed by atoms with E-state index < -0.39 is 0 Å². The molecule has 16 unspecified atom stereocenters. The molecule has 0 radical (unpaired) electrons. The zero-order chi connectivity index (χ0) is 21.9. The Balaban J connectivity index is 1.14. The van der Waals surface area contributed by atoms with Crippen LogP contribution in [0.25, 0.3) is 0 Å². The van der Waals surface area contributed by atoms with Gasteiger partial charge in [-0.2, -0.15) is 0 Å². The molecule has 176 valence electrons. The second kappa shape index (κ2) is 5.89. The Labute approximate surface area is 195 Å². The Bertz CT molecular complexity index is 795. The van der Waals surface area contributed by atoms with Gasteiger partial charge in [0.2, 0.25) is 0 Å². The first-order chi connectivity index (χ1) is 15.1. The number of hydrogen-bond donors (Lipinski definition) is 0. The maximum atomic E-state index is 6.86. The normalized spacial score (nSPS) is 62.3. The lowest BCUT2D eigenvalue weighted by Crippen LogP contribution is -2.54. The fraction of sp³-hybridized carbons (Fsp3) is 0.933. The van der Waals surface area contributed by atoms with E-state index in [1.807, 2.05) is 0 Å². The van der Waals surface area contributed by atoms with Crippen molar-refractivity contribution in [3.05, 3.63) is 12.2 Å². The highest BCUT2D eigenvalue weighted by atomic mass is 16.6. The summed E-state index contributed by atoms with van der Waals surface area (Å²) in [6, 6.07) is 0. The van der Waals surface area contributed by atoms with Crippen LogP contribution in [0.2, 0.25) is 0 Å². The summed E-state index contributed by atoms with van der Waals surface area (Å²) in [4.78, 5) is 0. The Morgan fingerprint density at radius 1 is 0.469 bits per heavy atom. The lowest BCUT2D eigenvalue weighted by atomic mass is 9.55. The molecule has 0 heterocycles. The predicted molar refractivity (Wildman–Crippen MR) is 126 cm³/mol. The average Bonchev–Trinajstić information content (AvgIpc) is 3.46. The number of fused-ring (bicyclic) bond motifs is 23. The van der Waals surface area contributed by atoms with Crippen LogP contribution in [0.15, 0.2) is 12.2 Å². The first kappa shape index (κ1) is 19.9. The molecular formula is C30H44O2. The molecule has 8 aliphatic rings. The second-order valence-electron chi connectivity index (χ2n) is 15.5. The zero-order valence-corrected chi connectivity index (χ0v) is 21.0. The van der Waals surface area contributed by atoms with Crippen LogP contribution < -0.4 is 0 Å². The highest BCUT2D eigenvalue weighted by Gasteiger charge is 2.77. The molecule has 0 N–H and O–H groups in total. The van der Waals surface area contributed by atoms with E-state index >= 15 is 0 Å². The highest BCUT2D eigenvalue weighted by Crippen LogP contribution is 2.81. The molecule has 8 aliphatic carbocycles. The maximum Gasteiger partial charge on any atom is 0.0877 e. The largest absolute Gasteiger partial charge is 0.370 e. The molecule has 8 bridgehead atoms. The van der Waals surface area contributed by atoms with Crippen LogP contribution in [0.1, 0.15) is 67.2 Å². The first-order valence-electron chi connectivity index (χ1n) is 14.1. The molecule has 2 nitrogen and oxygen atoms in total. The summed E-state index contributed by atoms with van der Waals surface area (Å²) < 4.78 is 13.7. The van der Waals surface area contributed by atoms with Crippen molar-refractivity contribution in [3.8, 4) is 0 Å². The van der Waals surface area contributed by atoms with Crippen LogP contribution in [0.4, 0.5) is 0 Å². The Hall–Kier alpha value is -0.340. The van der Waals surface area contributed by atoms with Crippen molar-refractivity contribution in [2.75, 3.05) is 0 Å². The monoisotopic (exact) mass is 436 g/mol. The fourth-order valence-corrected chi connectivity index (χ4v) is 12.5. The van der Waals surface area contributed by atoms with Crippen molar-refractivity contribution < 1.29 is 9.47 Å². The van der Waals surface area contributed by atoms with Crippen molar-refractivity contribution in [2.24, 2.45) is 82.9 Å². The van der Waals surface area contributed by atoms with Gasteiger partial charge in [0.05, 0.1) is 23.4 Å². The SMILES string of the molecule is CC(C)(C)OC1C2CC(C1OC(C)(C)C)C1C3CC(C21)C1C2CC(C4C5C=CC(C5)C24)C31. The second-order valence-corrected chi connectivity index (χ2v) is 15.5. The number of allylic oxidation sites excluding steroid dienone is 2. The van der Waals surface area contributed by atoms with E-state index in [0.29, 0.717) is 12.2 Å². The van der Waals surface area contributed by atoms with E-state index in [1.54, 1.807) is 12.8 Å². The molecule has 0 aromatic carbocycles. The minimum atomic E-state index is -0.0840. The van der Waals surface area contributed by atoms with Crippen LogP contribution in [0, 0.1) is 82.9 Å². The van der Waals surface area contributed by atoms with Gasteiger partial charge in [-0.25, -0.2) is 0 Å². The summed E-state index contributed by atoms with van der Waals surface area (Å²) >= 11 is 0. The summed E-state index contributed by atoms with van der Waals surface area (Å²) in [5.74, 6) is 13.8. The van der Waals surface area contributed by atoms with Crippen molar-refractivity contribution >= 4 is 0 Å². The smallest absolute Gasteiger partial charge is 0.0877 e. The summed E-state index contributed by atoms with van der Waals surface area (Å²) in [7, 11) is 0. The van der Waals surface area contributed by atoms with Crippen LogP contribution >= 0.6 is 0 Å². The fourth-order valence-electron chi connectivity index (χ4n) is 12.5. The summed E-state index contributed by atoms with van der Waals surface area (Å²) in [6.45, 7) is 13.5. The van der Waals surface area contributed by atoms with Gasteiger partial charge < -0.3 is 9.47 Å². The van der Waals surface area contributed by atoms with E-state index in [9.17, 15) is 0 Å². The van der Waals surface area contributed by atoms with Gasteiger partial charge >= 0.3 is 0 Å². The van der Waals surface area contributed by atoms with Gasteiger partial charge in [0, 0.05) is 0 Å². The van der Waals surface area contributed by atoms with Crippen LogP contribution in [-0.2, 0) is 9.47 Å². The third-order valence-electron chi connectivity index (χ3n) is 12.2. The van der Waals surface area contributed by atoms with Gasteiger partial charge in [-0.3, -0.25) is 0 Å². The molecule has 8 rings (SSSR count). The number of ether oxygens (including phenoxy) is 2. The van der Waals surface area contributed by atoms with E-state index in [-0.39, 0.29) is 11.2 Å². The lowest BCUT2D eigenvalue weighted by molar-refractivity contribution is -0.204. The van der Waals surface area contributed by atoms with E-state index in [1.165, 1.54) is 12.8 Å². The molecular weight excluding hydrogens is 392 g/mol. The summed E-state index contributed by atoms with van der Waals surface area (Å²) in [5, 5.41) is 0. The lowest BCUT2D eigenvalue weighted by Gasteiger charge is -2.52. The molecule has 32 heavy (non-hydrogen) atoms. The van der Waals surface area contributed by atoms with E-state index in [2.05, 4.69) is 53.7 Å². The molecule has 0 aromatic rings. The Morgan fingerprint density at radius 3 is 1.22 bits per heavy atom. The summed E-state index contributed by atoms with van der Waals surface area (Å²) in [6.07, 6.45) is 12.0. The van der Waals surface area contributed by atoms with Crippen LogP contribution in [0.3, 0.4) is 0 Å². The van der Waals surface area contributed by atoms with Gasteiger partial charge in [0.15, 0.2) is 0 Å². The van der Waals surface area contributed by atoms with Gasteiger partial charge in [-0.1, -0.05) is 12.2 Å². The van der Waals surface area contributed by atoms with E-state index in [4.69, 9.17) is 9.47 Å². The molecule has 2 heteroatoms. The zero-order valence-electron chi connectivity index (χ0n) is 21.0.